The van der Waals surface area contributed by atoms with Crippen LogP contribution < -0.4 is 5.32 Å². The Kier molecular flexibility index (Phi) is 4.37. The van der Waals surface area contributed by atoms with Crippen molar-refractivity contribution in [2.75, 3.05) is 0 Å². The van der Waals surface area contributed by atoms with E-state index in [0.717, 1.165) is 57.9 Å². The lowest BCUT2D eigenvalue weighted by molar-refractivity contribution is 0.0965. The Labute approximate surface area is 207 Å². The average molecular weight is 479 g/mol. The van der Waals surface area contributed by atoms with Gasteiger partial charge in [0.25, 0.3) is 5.91 Å². The van der Waals surface area contributed by atoms with Gasteiger partial charge in [0.05, 0.1) is 23.5 Å². The van der Waals surface area contributed by atoms with E-state index in [9.17, 15) is 9.59 Å². The number of ketones is 1. The Morgan fingerprint density at radius 2 is 2.03 bits per heavy atom. The molecule has 7 nitrogen and oxygen atoms in total. The summed E-state index contributed by atoms with van der Waals surface area (Å²) >= 11 is 0. The molecule has 4 heterocycles. The van der Waals surface area contributed by atoms with Crippen LogP contribution in [-0.4, -0.2) is 26.0 Å². The number of nitrogens with zero attached hydrogens (tertiary/aromatic N) is 3. The Morgan fingerprint density at radius 3 is 2.81 bits per heavy atom. The number of hydrogen-bond donors (Lipinski definition) is 1. The number of carbonyl (C=O) groups excluding carboxylic acids is 2. The molecule has 7 rings (SSSR count). The molecule has 1 aliphatic heterocycles. The topological polar surface area (TPSA) is 82.1 Å². The van der Waals surface area contributed by atoms with E-state index in [1.54, 1.807) is 12.1 Å². The molecule has 0 radical (unpaired) electrons. The van der Waals surface area contributed by atoms with Gasteiger partial charge in [0.2, 0.25) is 5.78 Å². The van der Waals surface area contributed by atoms with Crippen LogP contribution in [-0.2, 0) is 33.0 Å². The average Bonchev–Trinajstić information content (AvgIpc) is 3.65. The molecule has 1 amide bonds. The normalized spacial score (nSPS) is 14.4. The summed E-state index contributed by atoms with van der Waals surface area (Å²) in [5.74, 6) is 0.571. The van der Waals surface area contributed by atoms with Crippen LogP contribution in [0.5, 0.6) is 0 Å². The first-order chi connectivity index (χ1) is 17.4. The molecule has 0 spiro atoms. The van der Waals surface area contributed by atoms with Crippen molar-refractivity contribution in [3.05, 3.63) is 76.5 Å². The summed E-state index contributed by atoms with van der Waals surface area (Å²) in [6.07, 6.45) is 5.13. The fraction of sp³-hybridized carbons (Fsp3) is 0.276. The van der Waals surface area contributed by atoms with Crippen molar-refractivity contribution in [1.29, 1.82) is 0 Å². The third-order valence-electron chi connectivity index (χ3n) is 7.65. The van der Waals surface area contributed by atoms with Crippen LogP contribution in [0.1, 0.15) is 57.1 Å². The van der Waals surface area contributed by atoms with Gasteiger partial charge < -0.3 is 14.3 Å². The molecule has 5 aromatic rings. The number of rotatable bonds is 4. The van der Waals surface area contributed by atoms with Gasteiger partial charge in [-0.05, 0) is 60.2 Å². The van der Waals surface area contributed by atoms with E-state index in [1.165, 1.54) is 23.0 Å². The summed E-state index contributed by atoms with van der Waals surface area (Å²) in [6.45, 7) is 5.76. The van der Waals surface area contributed by atoms with E-state index >= 15 is 0 Å². The lowest BCUT2D eigenvalue weighted by Crippen LogP contribution is -2.16. The molecule has 180 valence electrons. The molecule has 1 N–H and O–H groups in total. The monoisotopic (exact) mass is 478 g/mol. The molecule has 0 fully saturated rings. The second-order valence-corrected chi connectivity index (χ2v) is 10.3. The third kappa shape index (κ3) is 2.77. The highest BCUT2D eigenvalue weighted by atomic mass is 16.3. The SMILES string of the molecule is CC(C)Cn1c2ccc(C(=O)c3ccco3)cc2c2c3c(c4c(c21)CCc1c-4cnn1C)C(=O)NC3. The van der Waals surface area contributed by atoms with Crippen molar-refractivity contribution in [2.24, 2.45) is 13.0 Å². The largest absolute Gasteiger partial charge is 0.461 e. The van der Waals surface area contributed by atoms with Crippen LogP contribution in [0, 0.1) is 5.92 Å². The first-order valence-electron chi connectivity index (χ1n) is 12.4. The molecule has 1 aliphatic carbocycles. The number of furan rings is 1. The van der Waals surface area contributed by atoms with Gasteiger partial charge in [-0.1, -0.05) is 13.8 Å². The molecule has 7 heteroatoms. The predicted molar refractivity (Wildman–Crippen MR) is 137 cm³/mol. The fourth-order valence-electron chi connectivity index (χ4n) is 6.20. The van der Waals surface area contributed by atoms with Crippen LogP contribution in [0.3, 0.4) is 0 Å². The number of aromatic nitrogens is 3. The molecular formula is C29H26N4O3. The summed E-state index contributed by atoms with van der Waals surface area (Å²) in [5, 5.41) is 9.70. The second kappa shape index (κ2) is 7.43. The molecule has 0 atom stereocenters. The highest BCUT2D eigenvalue weighted by Gasteiger charge is 2.35. The summed E-state index contributed by atoms with van der Waals surface area (Å²) in [6, 6.07) is 9.33. The maximum absolute atomic E-state index is 13.2. The van der Waals surface area contributed by atoms with Gasteiger partial charge in [-0.3, -0.25) is 14.3 Å². The van der Waals surface area contributed by atoms with Crippen molar-refractivity contribution in [3.63, 3.8) is 0 Å². The summed E-state index contributed by atoms with van der Waals surface area (Å²) < 4.78 is 9.72. The zero-order chi connectivity index (χ0) is 24.7. The molecule has 3 aromatic heterocycles. The maximum Gasteiger partial charge on any atom is 0.252 e. The quantitative estimate of drug-likeness (QED) is 0.368. The van der Waals surface area contributed by atoms with E-state index in [1.807, 2.05) is 30.1 Å². The van der Waals surface area contributed by atoms with Crippen molar-refractivity contribution in [3.8, 4) is 11.1 Å². The van der Waals surface area contributed by atoms with Crippen LogP contribution in [0.2, 0.25) is 0 Å². The third-order valence-corrected chi connectivity index (χ3v) is 7.65. The van der Waals surface area contributed by atoms with Gasteiger partial charge in [0.15, 0.2) is 5.76 Å². The van der Waals surface area contributed by atoms with Crippen LogP contribution in [0.15, 0.2) is 47.2 Å². The maximum atomic E-state index is 13.2. The summed E-state index contributed by atoms with van der Waals surface area (Å²) in [7, 11) is 1.97. The number of hydrogen-bond acceptors (Lipinski definition) is 4. The van der Waals surface area contributed by atoms with Crippen LogP contribution in [0.4, 0.5) is 0 Å². The number of benzene rings is 2. The molecular weight excluding hydrogens is 452 g/mol. The zero-order valence-electron chi connectivity index (χ0n) is 20.5. The molecule has 2 aliphatic rings. The minimum absolute atomic E-state index is 0.0348. The Balaban J connectivity index is 1.61. The molecule has 0 bridgehead atoms. The first kappa shape index (κ1) is 21.2. The van der Waals surface area contributed by atoms with Gasteiger partial charge in [-0.25, -0.2) is 0 Å². The first-order valence-corrected chi connectivity index (χ1v) is 12.4. The number of amides is 1. The minimum atomic E-state index is -0.143. The second-order valence-electron chi connectivity index (χ2n) is 10.3. The minimum Gasteiger partial charge on any atom is -0.461 e. The predicted octanol–water partition coefficient (Wildman–Crippen LogP) is 5.02. The van der Waals surface area contributed by atoms with Gasteiger partial charge in [0, 0.05) is 58.8 Å². The lowest BCUT2D eigenvalue weighted by Gasteiger charge is -2.23. The van der Waals surface area contributed by atoms with Gasteiger partial charge in [-0.2, -0.15) is 5.10 Å². The number of fused-ring (bicyclic) bond motifs is 10. The van der Waals surface area contributed by atoms with Crippen molar-refractivity contribution in [1.82, 2.24) is 19.7 Å². The highest BCUT2D eigenvalue weighted by Crippen LogP contribution is 2.47. The lowest BCUT2D eigenvalue weighted by atomic mass is 9.82. The van der Waals surface area contributed by atoms with E-state index < -0.39 is 0 Å². The summed E-state index contributed by atoms with van der Waals surface area (Å²) in [5.41, 5.74) is 9.09. The zero-order valence-corrected chi connectivity index (χ0v) is 20.5. The highest BCUT2D eigenvalue weighted by molar-refractivity contribution is 6.21. The molecule has 0 saturated heterocycles. The standard InChI is InChI=1S/C29H26N4O3/c1-15(2)14-33-22-8-6-16(28(34)23-5-4-10-36-23)11-18(22)25-20-12-30-29(35)26(20)24-17(27(25)33)7-9-21-19(24)13-31-32(21)3/h4-6,8,10-11,13,15H,7,9,12,14H2,1-3H3,(H,30,35). The molecule has 36 heavy (non-hydrogen) atoms. The summed E-state index contributed by atoms with van der Waals surface area (Å²) in [4.78, 5) is 26.4. The Bertz CT molecular complexity index is 1730. The van der Waals surface area contributed by atoms with Gasteiger partial charge in [-0.15, -0.1) is 0 Å². The Morgan fingerprint density at radius 1 is 1.17 bits per heavy atom. The van der Waals surface area contributed by atoms with Gasteiger partial charge >= 0.3 is 0 Å². The van der Waals surface area contributed by atoms with Crippen molar-refractivity contribution < 1.29 is 14.0 Å². The van der Waals surface area contributed by atoms with E-state index in [2.05, 4.69) is 34.9 Å². The van der Waals surface area contributed by atoms with E-state index in [0.29, 0.717) is 23.8 Å². The number of carbonyl (C=O) groups is 2. The molecule has 0 unspecified atom stereocenters. The molecule has 2 aromatic carbocycles. The van der Waals surface area contributed by atoms with Crippen molar-refractivity contribution >= 4 is 33.5 Å². The van der Waals surface area contributed by atoms with Gasteiger partial charge in [0.1, 0.15) is 0 Å². The molecule has 0 saturated carbocycles. The smallest absolute Gasteiger partial charge is 0.252 e. The van der Waals surface area contributed by atoms with Crippen LogP contribution >= 0.6 is 0 Å². The van der Waals surface area contributed by atoms with E-state index in [4.69, 9.17) is 4.42 Å². The van der Waals surface area contributed by atoms with E-state index in [-0.39, 0.29) is 11.7 Å². The number of aryl methyl sites for hydroxylation is 2. The fourth-order valence-corrected chi connectivity index (χ4v) is 6.20. The Hall–Kier alpha value is -4.13. The van der Waals surface area contributed by atoms with Crippen LogP contribution in [0.25, 0.3) is 32.9 Å². The van der Waals surface area contributed by atoms with Crippen molar-refractivity contribution in [2.45, 2.75) is 39.8 Å². The number of nitrogens with one attached hydrogen (secondary N) is 1.